The summed E-state index contributed by atoms with van der Waals surface area (Å²) in [5, 5.41) is 4.79. The van der Waals surface area contributed by atoms with Crippen LogP contribution in [0.15, 0.2) is 53.6 Å². The van der Waals surface area contributed by atoms with Gasteiger partial charge in [-0.05, 0) is 57.0 Å². The second-order valence-electron chi connectivity index (χ2n) is 6.36. The Bertz CT molecular complexity index is 919. The topological polar surface area (TPSA) is 42.0 Å². The van der Waals surface area contributed by atoms with Gasteiger partial charge in [0.25, 0.3) is 0 Å². The van der Waals surface area contributed by atoms with Crippen LogP contribution in [-0.2, 0) is 4.79 Å². The molecule has 0 spiro atoms. The summed E-state index contributed by atoms with van der Waals surface area (Å²) in [5.41, 5.74) is 5.34. The van der Waals surface area contributed by atoms with E-state index in [1.165, 1.54) is 28.3 Å². The quantitative estimate of drug-likeness (QED) is 0.651. The van der Waals surface area contributed by atoms with Crippen LogP contribution in [0.2, 0.25) is 0 Å². The fourth-order valence-corrected chi connectivity index (χ4v) is 3.62. The highest BCUT2D eigenvalue weighted by atomic mass is 32.2. The first-order chi connectivity index (χ1) is 11.9. The van der Waals surface area contributed by atoms with Crippen molar-refractivity contribution in [3.63, 3.8) is 0 Å². The SMILES string of the molecule is Cc1ccc(NC(=O)[C@@H](C)Sc2cc(C)c3cccc(C)c3n2)cc1. The van der Waals surface area contributed by atoms with Gasteiger partial charge < -0.3 is 5.32 Å². The van der Waals surface area contributed by atoms with Crippen LogP contribution >= 0.6 is 11.8 Å². The Kier molecular flexibility index (Phi) is 5.09. The lowest BCUT2D eigenvalue weighted by Gasteiger charge is -2.13. The third-order valence-electron chi connectivity index (χ3n) is 4.21. The summed E-state index contributed by atoms with van der Waals surface area (Å²) in [4.78, 5) is 17.2. The van der Waals surface area contributed by atoms with Gasteiger partial charge in [0, 0.05) is 11.1 Å². The summed E-state index contributed by atoms with van der Waals surface area (Å²) in [6.07, 6.45) is 0. The molecule has 0 fully saturated rings. The molecule has 1 N–H and O–H groups in total. The van der Waals surface area contributed by atoms with E-state index in [0.29, 0.717) is 0 Å². The van der Waals surface area contributed by atoms with Gasteiger partial charge in [-0.2, -0.15) is 0 Å². The zero-order valence-electron chi connectivity index (χ0n) is 15.0. The lowest BCUT2D eigenvalue weighted by molar-refractivity contribution is -0.115. The third kappa shape index (κ3) is 4.02. The van der Waals surface area contributed by atoms with Gasteiger partial charge in [0.1, 0.15) is 0 Å². The molecule has 0 aliphatic carbocycles. The van der Waals surface area contributed by atoms with E-state index in [1.807, 2.05) is 38.1 Å². The highest BCUT2D eigenvalue weighted by molar-refractivity contribution is 8.00. The van der Waals surface area contributed by atoms with Gasteiger partial charge in [0.15, 0.2) is 0 Å². The first-order valence-electron chi connectivity index (χ1n) is 8.35. The monoisotopic (exact) mass is 350 g/mol. The Balaban J connectivity index is 1.77. The smallest absolute Gasteiger partial charge is 0.237 e. The number of para-hydroxylation sites is 1. The largest absolute Gasteiger partial charge is 0.325 e. The number of aromatic nitrogens is 1. The standard InChI is InChI=1S/C21H22N2OS/c1-13-8-10-17(11-9-13)22-21(24)16(4)25-19-12-15(3)18-7-5-6-14(2)20(18)23-19/h5-12,16H,1-4H3,(H,22,24)/t16-/m1/s1. The predicted molar refractivity (Wildman–Crippen MR) is 106 cm³/mol. The Morgan fingerprint density at radius 2 is 1.76 bits per heavy atom. The average Bonchev–Trinajstić information content (AvgIpc) is 2.58. The first kappa shape index (κ1) is 17.5. The number of pyridine rings is 1. The van der Waals surface area contributed by atoms with Crippen LogP contribution < -0.4 is 5.32 Å². The molecular weight excluding hydrogens is 328 g/mol. The van der Waals surface area contributed by atoms with Gasteiger partial charge in [0.2, 0.25) is 5.91 Å². The summed E-state index contributed by atoms with van der Waals surface area (Å²) in [7, 11) is 0. The molecule has 3 rings (SSSR count). The summed E-state index contributed by atoms with van der Waals surface area (Å²) in [5.74, 6) is -0.0156. The minimum Gasteiger partial charge on any atom is -0.325 e. The average molecular weight is 350 g/mol. The van der Waals surface area contributed by atoms with Crippen molar-refractivity contribution < 1.29 is 4.79 Å². The van der Waals surface area contributed by atoms with Gasteiger partial charge >= 0.3 is 0 Å². The van der Waals surface area contributed by atoms with E-state index < -0.39 is 0 Å². The molecule has 0 radical (unpaired) electrons. The van der Waals surface area contributed by atoms with Gasteiger partial charge in [-0.3, -0.25) is 4.79 Å². The number of nitrogens with zero attached hydrogens (tertiary/aromatic N) is 1. The van der Waals surface area contributed by atoms with Crippen molar-refractivity contribution in [2.45, 2.75) is 38.0 Å². The van der Waals surface area contributed by atoms with Crippen molar-refractivity contribution in [2.75, 3.05) is 5.32 Å². The fraction of sp³-hybridized carbons (Fsp3) is 0.238. The number of anilines is 1. The molecule has 0 aliphatic heterocycles. The molecule has 0 aliphatic rings. The van der Waals surface area contributed by atoms with Gasteiger partial charge in [-0.25, -0.2) is 4.98 Å². The number of fused-ring (bicyclic) bond motifs is 1. The molecule has 1 aromatic heterocycles. The van der Waals surface area contributed by atoms with Gasteiger partial charge in [-0.15, -0.1) is 0 Å². The van der Waals surface area contributed by atoms with E-state index in [9.17, 15) is 4.79 Å². The zero-order valence-corrected chi connectivity index (χ0v) is 15.8. The van der Waals surface area contributed by atoms with Crippen LogP contribution in [0, 0.1) is 20.8 Å². The number of benzene rings is 2. The summed E-state index contributed by atoms with van der Waals surface area (Å²) < 4.78 is 0. The molecule has 2 aromatic carbocycles. The van der Waals surface area contributed by atoms with E-state index in [1.54, 1.807) is 0 Å². The van der Waals surface area contributed by atoms with Crippen molar-refractivity contribution in [3.05, 3.63) is 65.2 Å². The molecule has 1 amide bonds. The summed E-state index contributed by atoms with van der Waals surface area (Å²) >= 11 is 1.49. The van der Waals surface area contributed by atoms with Crippen LogP contribution in [0.1, 0.15) is 23.6 Å². The van der Waals surface area contributed by atoms with Gasteiger partial charge in [-0.1, -0.05) is 47.7 Å². The number of hydrogen-bond donors (Lipinski definition) is 1. The minimum atomic E-state index is -0.227. The molecule has 0 saturated carbocycles. The minimum absolute atomic E-state index is 0.0156. The van der Waals surface area contributed by atoms with E-state index in [-0.39, 0.29) is 11.2 Å². The molecule has 0 bridgehead atoms. The molecule has 0 unspecified atom stereocenters. The molecule has 3 aromatic rings. The van der Waals surface area contributed by atoms with Crippen LogP contribution in [-0.4, -0.2) is 16.1 Å². The molecule has 128 valence electrons. The highest BCUT2D eigenvalue weighted by Crippen LogP contribution is 2.28. The number of rotatable bonds is 4. The third-order valence-corrected chi connectivity index (χ3v) is 5.23. The molecular formula is C21H22N2OS. The van der Waals surface area contributed by atoms with Gasteiger partial charge in [0.05, 0.1) is 15.8 Å². The van der Waals surface area contributed by atoms with Crippen LogP contribution in [0.4, 0.5) is 5.69 Å². The maximum absolute atomic E-state index is 12.5. The highest BCUT2D eigenvalue weighted by Gasteiger charge is 2.16. The first-order valence-corrected chi connectivity index (χ1v) is 9.23. The number of carbonyl (C=O) groups is 1. The van der Waals surface area contributed by atoms with E-state index >= 15 is 0 Å². The van der Waals surface area contributed by atoms with E-state index in [2.05, 4.69) is 43.4 Å². The maximum Gasteiger partial charge on any atom is 0.237 e. The molecule has 4 heteroatoms. The van der Waals surface area contributed by atoms with Crippen molar-refractivity contribution in [3.8, 4) is 0 Å². The second-order valence-corrected chi connectivity index (χ2v) is 7.72. The lowest BCUT2D eigenvalue weighted by Crippen LogP contribution is -2.22. The summed E-state index contributed by atoms with van der Waals surface area (Å²) in [6.45, 7) is 8.09. The fourth-order valence-electron chi connectivity index (χ4n) is 2.71. The number of aryl methyl sites for hydroxylation is 3. The number of nitrogens with one attached hydrogen (secondary N) is 1. The molecule has 0 saturated heterocycles. The van der Waals surface area contributed by atoms with Crippen LogP contribution in [0.5, 0.6) is 0 Å². The normalized spacial score (nSPS) is 12.2. The van der Waals surface area contributed by atoms with Crippen LogP contribution in [0.3, 0.4) is 0 Å². The van der Waals surface area contributed by atoms with E-state index in [4.69, 9.17) is 4.98 Å². The Morgan fingerprint density at radius 1 is 1.04 bits per heavy atom. The molecule has 25 heavy (non-hydrogen) atoms. The van der Waals surface area contributed by atoms with E-state index in [0.717, 1.165) is 21.8 Å². The predicted octanol–water partition coefficient (Wildman–Crippen LogP) is 5.28. The molecule has 1 atom stereocenters. The molecule has 1 heterocycles. The van der Waals surface area contributed by atoms with Crippen molar-refractivity contribution in [1.82, 2.24) is 4.98 Å². The van der Waals surface area contributed by atoms with Crippen molar-refractivity contribution in [2.24, 2.45) is 0 Å². The Morgan fingerprint density at radius 3 is 2.48 bits per heavy atom. The number of carbonyl (C=O) groups excluding carboxylic acids is 1. The number of thioether (sulfide) groups is 1. The maximum atomic E-state index is 12.5. The Labute approximate surface area is 152 Å². The van der Waals surface area contributed by atoms with Crippen LogP contribution in [0.25, 0.3) is 10.9 Å². The number of amides is 1. The lowest BCUT2D eigenvalue weighted by atomic mass is 10.1. The summed E-state index contributed by atoms with van der Waals surface area (Å²) in [6, 6.07) is 16.1. The second kappa shape index (κ2) is 7.28. The zero-order chi connectivity index (χ0) is 18.0. The van der Waals surface area contributed by atoms with Crippen molar-refractivity contribution in [1.29, 1.82) is 0 Å². The van der Waals surface area contributed by atoms with Crippen molar-refractivity contribution >= 4 is 34.3 Å². The Hall–Kier alpha value is -2.33. The molecule has 3 nitrogen and oxygen atoms in total. The number of hydrogen-bond acceptors (Lipinski definition) is 3.